The van der Waals surface area contributed by atoms with Crippen molar-refractivity contribution >= 4 is 11.4 Å². The summed E-state index contributed by atoms with van der Waals surface area (Å²) in [5.74, 6) is 0. The number of benzene rings is 1. The molecule has 1 heterocycles. The molecule has 2 N–H and O–H groups in total. The third-order valence-electron chi connectivity index (χ3n) is 3.94. The summed E-state index contributed by atoms with van der Waals surface area (Å²) in [4.78, 5) is 4.71. The summed E-state index contributed by atoms with van der Waals surface area (Å²) < 4.78 is 0. The SMILES string of the molecule is Cc1cc(N)c(N(C)C2CCN(C)C2)cc1C. The highest BCUT2D eigenvalue weighted by Crippen LogP contribution is 2.29. The Morgan fingerprint density at radius 1 is 1.29 bits per heavy atom. The lowest BCUT2D eigenvalue weighted by Crippen LogP contribution is -2.34. The molecule has 1 aliphatic rings. The van der Waals surface area contributed by atoms with E-state index in [0.29, 0.717) is 6.04 Å². The van der Waals surface area contributed by atoms with Gasteiger partial charge < -0.3 is 15.5 Å². The fourth-order valence-corrected chi connectivity index (χ4v) is 2.55. The molecule has 1 aliphatic heterocycles. The molecule has 0 spiro atoms. The van der Waals surface area contributed by atoms with Gasteiger partial charge in [0.1, 0.15) is 0 Å². The number of nitrogens with zero attached hydrogens (tertiary/aromatic N) is 2. The molecule has 0 radical (unpaired) electrons. The first kappa shape index (κ1) is 12.2. The summed E-state index contributed by atoms with van der Waals surface area (Å²) in [6, 6.07) is 4.88. The molecule has 3 heteroatoms. The largest absolute Gasteiger partial charge is 0.397 e. The Balaban J connectivity index is 2.24. The van der Waals surface area contributed by atoms with Crippen LogP contribution in [0.25, 0.3) is 0 Å². The van der Waals surface area contributed by atoms with Crippen LogP contribution in [0.15, 0.2) is 12.1 Å². The molecule has 1 aromatic carbocycles. The lowest BCUT2D eigenvalue weighted by molar-refractivity contribution is 0.409. The van der Waals surface area contributed by atoms with Crippen LogP contribution in [0.2, 0.25) is 0 Å². The summed E-state index contributed by atoms with van der Waals surface area (Å²) in [5.41, 5.74) is 10.8. The van der Waals surface area contributed by atoms with Crippen LogP contribution in [-0.2, 0) is 0 Å². The molecule has 0 amide bonds. The van der Waals surface area contributed by atoms with Crippen molar-refractivity contribution in [2.75, 3.05) is 37.8 Å². The zero-order valence-corrected chi connectivity index (χ0v) is 11.3. The molecule has 0 bridgehead atoms. The van der Waals surface area contributed by atoms with E-state index in [2.05, 4.69) is 49.9 Å². The van der Waals surface area contributed by atoms with E-state index in [0.717, 1.165) is 12.2 Å². The monoisotopic (exact) mass is 233 g/mol. The first-order valence-corrected chi connectivity index (χ1v) is 6.27. The van der Waals surface area contributed by atoms with Gasteiger partial charge in [-0.2, -0.15) is 0 Å². The molecule has 1 saturated heterocycles. The van der Waals surface area contributed by atoms with Gasteiger partial charge in [-0.25, -0.2) is 0 Å². The van der Waals surface area contributed by atoms with E-state index in [-0.39, 0.29) is 0 Å². The van der Waals surface area contributed by atoms with Gasteiger partial charge in [0, 0.05) is 19.6 Å². The highest BCUT2D eigenvalue weighted by Gasteiger charge is 2.24. The predicted octanol–water partition coefficient (Wildman–Crippen LogP) is 2.03. The summed E-state index contributed by atoms with van der Waals surface area (Å²) in [5, 5.41) is 0. The number of anilines is 2. The molecular weight excluding hydrogens is 210 g/mol. The molecule has 0 saturated carbocycles. The molecule has 94 valence electrons. The van der Waals surface area contributed by atoms with Crippen LogP contribution in [0.4, 0.5) is 11.4 Å². The Labute approximate surface area is 104 Å². The van der Waals surface area contributed by atoms with Gasteiger partial charge in [-0.1, -0.05) is 0 Å². The van der Waals surface area contributed by atoms with Gasteiger partial charge >= 0.3 is 0 Å². The second kappa shape index (κ2) is 4.57. The molecular formula is C14H23N3. The number of likely N-dealkylation sites (tertiary alicyclic amines) is 1. The number of nitrogens with two attached hydrogens (primary N) is 1. The van der Waals surface area contributed by atoms with Gasteiger partial charge in [0.05, 0.1) is 11.4 Å². The third kappa shape index (κ3) is 2.39. The van der Waals surface area contributed by atoms with Crippen molar-refractivity contribution in [1.29, 1.82) is 0 Å². The zero-order valence-electron chi connectivity index (χ0n) is 11.3. The highest BCUT2D eigenvalue weighted by molar-refractivity contribution is 5.70. The van der Waals surface area contributed by atoms with Crippen LogP contribution in [0, 0.1) is 13.8 Å². The molecule has 1 fully saturated rings. The fourth-order valence-electron chi connectivity index (χ4n) is 2.55. The van der Waals surface area contributed by atoms with Gasteiger partial charge in [-0.3, -0.25) is 0 Å². The molecule has 17 heavy (non-hydrogen) atoms. The van der Waals surface area contributed by atoms with E-state index in [1.54, 1.807) is 0 Å². The number of nitrogen functional groups attached to an aromatic ring is 1. The Morgan fingerprint density at radius 2 is 1.94 bits per heavy atom. The maximum atomic E-state index is 6.14. The van der Waals surface area contributed by atoms with Crippen molar-refractivity contribution in [2.45, 2.75) is 26.3 Å². The number of hydrogen-bond donors (Lipinski definition) is 1. The molecule has 2 rings (SSSR count). The molecule has 1 atom stereocenters. The van der Waals surface area contributed by atoms with Gasteiger partial charge in [0.2, 0.25) is 0 Å². The van der Waals surface area contributed by atoms with E-state index in [1.165, 1.54) is 29.8 Å². The van der Waals surface area contributed by atoms with Gasteiger partial charge in [-0.05, 0) is 57.1 Å². The minimum atomic E-state index is 0.587. The second-order valence-electron chi connectivity index (χ2n) is 5.31. The van der Waals surface area contributed by atoms with Crippen molar-refractivity contribution < 1.29 is 0 Å². The van der Waals surface area contributed by atoms with Crippen molar-refractivity contribution in [2.24, 2.45) is 0 Å². The smallest absolute Gasteiger partial charge is 0.0603 e. The summed E-state index contributed by atoms with van der Waals surface area (Å²) in [6.45, 7) is 6.56. The van der Waals surface area contributed by atoms with Crippen LogP contribution >= 0.6 is 0 Å². The van der Waals surface area contributed by atoms with Crippen molar-refractivity contribution in [3.05, 3.63) is 23.3 Å². The van der Waals surface area contributed by atoms with E-state index in [4.69, 9.17) is 5.73 Å². The Kier molecular flexibility index (Phi) is 3.29. The predicted molar refractivity (Wildman–Crippen MR) is 74.6 cm³/mol. The Hall–Kier alpha value is -1.22. The lowest BCUT2D eigenvalue weighted by atomic mass is 10.1. The fraction of sp³-hybridized carbons (Fsp3) is 0.571. The van der Waals surface area contributed by atoms with Crippen LogP contribution in [0.3, 0.4) is 0 Å². The second-order valence-corrected chi connectivity index (χ2v) is 5.31. The maximum Gasteiger partial charge on any atom is 0.0603 e. The quantitative estimate of drug-likeness (QED) is 0.793. The van der Waals surface area contributed by atoms with E-state index in [9.17, 15) is 0 Å². The standard InChI is InChI=1S/C14H23N3/c1-10-7-13(15)14(8-11(10)2)17(4)12-5-6-16(3)9-12/h7-8,12H,5-6,9,15H2,1-4H3. The van der Waals surface area contributed by atoms with E-state index in [1.807, 2.05) is 0 Å². The van der Waals surface area contributed by atoms with Crippen molar-refractivity contribution in [3.8, 4) is 0 Å². The molecule has 0 aliphatic carbocycles. The highest BCUT2D eigenvalue weighted by atomic mass is 15.2. The van der Waals surface area contributed by atoms with Crippen LogP contribution in [0.5, 0.6) is 0 Å². The maximum absolute atomic E-state index is 6.14. The van der Waals surface area contributed by atoms with E-state index >= 15 is 0 Å². The van der Waals surface area contributed by atoms with Crippen LogP contribution < -0.4 is 10.6 Å². The van der Waals surface area contributed by atoms with E-state index < -0.39 is 0 Å². The van der Waals surface area contributed by atoms with Gasteiger partial charge in [0.15, 0.2) is 0 Å². The Morgan fingerprint density at radius 3 is 2.53 bits per heavy atom. The lowest BCUT2D eigenvalue weighted by Gasteiger charge is -2.28. The topological polar surface area (TPSA) is 32.5 Å². The molecule has 1 aromatic rings. The first-order chi connectivity index (χ1) is 7.99. The summed E-state index contributed by atoms with van der Waals surface area (Å²) in [6.07, 6.45) is 1.22. The average Bonchev–Trinajstić information content (AvgIpc) is 2.69. The summed E-state index contributed by atoms with van der Waals surface area (Å²) >= 11 is 0. The zero-order chi connectivity index (χ0) is 12.6. The molecule has 0 aromatic heterocycles. The van der Waals surface area contributed by atoms with Crippen molar-refractivity contribution in [3.63, 3.8) is 0 Å². The minimum Gasteiger partial charge on any atom is -0.397 e. The van der Waals surface area contributed by atoms with Crippen LogP contribution in [-0.4, -0.2) is 38.1 Å². The Bertz CT molecular complexity index is 414. The third-order valence-corrected chi connectivity index (χ3v) is 3.94. The molecule has 3 nitrogen and oxygen atoms in total. The minimum absolute atomic E-state index is 0.587. The summed E-state index contributed by atoms with van der Waals surface area (Å²) in [7, 11) is 4.34. The van der Waals surface area contributed by atoms with Crippen LogP contribution in [0.1, 0.15) is 17.5 Å². The van der Waals surface area contributed by atoms with Gasteiger partial charge in [-0.15, -0.1) is 0 Å². The van der Waals surface area contributed by atoms with Gasteiger partial charge in [0.25, 0.3) is 0 Å². The first-order valence-electron chi connectivity index (χ1n) is 6.27. The van der Waals surface area contributed by atoms with Crippen molar-refractivity contribution in [1.82, 2.24) is 4.90 Å². The number of rotatable bonds is 2. The average molecular weight is 233 g/mol. The number of likely N-dealkylation sites (N-methyl/N-ethyl adjacent to an activating group) is 2. The number of hydrogen-bond acceptors (Lipinski definition) is 3. The molecule has 1 unspecified atom stereocenters. The normalized spacial score (nSPS) is 20.8. The number of aryl methyl sites for hydroxylation is 2.